The third-order valence-corrected chi connectivity index (χ3v) is 4.15. The molecule has 5 nitrogen and oxygen atoms in total. The van der Waals surface area contributed by atoms with Gasteiger partial charge in [-0.3, -0.25) is 9.80 Å². The van der Waals surface area contributed by atoms with E-state index in [9.17, 15) is 4.79 Å². The Kier molecular flexibility index (Phi) is 7.05. The highest BCUT2D eigenvalue weighted by Crippen LogP contribution is 2.24. The minimum absolute atomic E-state index is 0.227. The number of Topliss-reactive ketones (excluding diaryl/α,β-unsaturated/α-hetero) is 1. The molecule has 0 aliphatic carbocycles. The minimum Gasteiger partial charge on any atom is -0.322 e. The Hall–Kier alpha value is -1.88. The topological polar surface area (TPSA) is 84.7 Å². The fourth-order valence-corrected chi connectivity index (χ4v) is 2.09. The normalized spacial score (nSPS) is 12.3. The summed E-state index contributed by atoms with van der Waals surface area (Å²) in [5.74, 6) is 12.4. The molecule has 4 N–H and O–H groups in total. The van der Waals surface area contributed by atoms with Crippen molar-refractivity contribution in [1.82, 2.24) is 0 Å². The summed E-state index contributed by atoms with van der Waals surface area (Å²) in [5.41, 5.74) is 0.615. The molecule has 1 aromatic carbocycles. The van der Waals surface area contributed by atoms with Gasteiger partial charge in [0.05, 0.1) is 5.69 Å². The number of para-hydroxylation sites is 1. The number of rotatable bonds is 8. The lowest BCUT2D eigenvalue weighted by Gasteiger charge is -2.21. The third kappa shape index (κ3) is 5.15. The number of unbranched alkanes of at least 4 members (excludes halogenated alkanes) is 1. The van der Waals surface area contributed by atoms with Crippen molar-refractivity contribution >= 4 is 17.3 Å². The van der Waals surface area contributed by atoms with Crippen LogP contribution in [0, 0.1) is 5.41 Å². The smallest absolute Gasteiger partial charge is 0.143 e. The molecule has 1 aromatic rings. The van der Waals surface area contributed by atoms with Crippen molar-refractivity contribution in [1.29, 1.82) is 0 Å². The zero-order valence-electron chi connectivity index (χ0n) is 13.9. The molecule has 0 atom stereocenters. The standard InChI is InChI=1S/C17H28N4O/c1-4-17(2,3)15(22)12-8-9-13-16(20-18)21(19)14-10-6-5-7-11-14/h5-7,10-11H,4,8-9,12-13,18-19H2,1-3H3/b20-16-. The lowest BCUT2D eigenvalue weighted by Crippen LogP contribution is -2.38. The zero-order chi connectivity index (χ0) is 16.6. The number of anilines is 1. The molecule has 22 heavy (non-hydrogen) atoms. The number of nitrogens with two attached hydrogens (primary N) is 2. The average molecular weight is 304 g/mol. The first kappa shape index (κ1) is 18.2. The number of nitrogens with zero attached hydrogens (tertiary/aromatic N) is 2. The number of carbonyl (C=O) groups is 1. The van der Waals surface area contributed by atoms with E-state index in [-0.39, 0.29) is 5.41 Å². The fraction of sp³-hybridized carbons (Fsp3) is 0.529. The summed E-state index contributed by atoms with van der Waals surface area (Å²) < 4.78 is 0. The average Bonchev–Trinajstić information content (AvgIpc) is 2.54. The number of amidine groups is 1. The van der Waals surface area contributed by atoms with Gasteiger partial charge in [0.1, 0.15) is 11.6 Å². The van der Waals surface area contributed by atoms with E-state index >= 15 is 0 Å². The van der Waals surface area contributed by atoms with Gasteiger partial charge in [-0.25, -0.2) is 5.84 Å². The van der Waals surface area contributed by atoms with Gasteiger partial charge in [0, 0.05) is 18.3 Å². The maximum atomic E-state index is 12.1. The van der Waals surface area contributed by atoms with Crippen molar-refractivity contribution in [2.75, 3.05) is 5.01 Å². The molecule has 0 fully saturated rings. The molecular weight excluding hydrogens is 276 g/mol. The van der Waals surface area contributed by atoms with Crippen molar-refractivity contribution in [2.45, 2.75) is 52.9 Å². The lowest BCUT2D eigenvalue weighted by atomic mass is 9.83. The first-order chi connectivity index (χ1) is 10.4. The van der Waals surface area contributed by atoms with E-state index in [1.807, 2.05) is 51.1 Å². The summed E-state index contributed by atoms with van der Waals surface area (Å²) in [6, 6.07) is 9.55. The van der Waals surface area contributed by atoms with E-state index in [4.69, 9.17) is 11.7 Å². The molecular formula is C17H28N4O. The van der Waals surface area contributed by atoms with Crippen LogP contribution >= 0.6 is 0 Å². The van der Waals surface area contributed by atoms with Gasteiger partial charge >= 0.3 is 0 Å². The summed E-state index contributed by atoms with van der Waals surface area (Å²) in [7, 11) is 0. The Morgan fingerprint density at radius 1 is 1.18 bits per heavy atom. The number of benzene rings is 1. The Labute approximate surface area is 133 Å². The van der Waals surface area contributed by atoms with Crippen LogP contribution < -0.4 is 16.7 Å². The second kappa shape index (κ2) is 8.54. The Morgan fingerprint density at radius 2 is 1.77 bits per heavy atom. The van der Waals surface area contributed by atoms with Crippen molar-refractivity contribution in [3.8, 4) is 0 Å². The number of hydrogen-bond acceptors (Lipinski definition) is 4. The number of hydrogen-bond donors (Lipinski definition) is 2. The van der Waals surface area contributed by atoms with Gasteiger partial charge in [-0.2, -0.15) is 5.10 Å². The van der Waals surface area contributed by atoms with Crippen LogP contribution in [-0.2, 0) is 4.79 Å². The summed E-state index contributed by atoms with van der Waals surface area (Å²) in [4.78, 5) is 12.1. The number of carbonyl (C=O) groups excluding carboxylic acids is 1. The van der Waals surface area contributed by atoms with Crippen LogP contribution in [0.2, 0.25) is 0 Å². The van der Waals surface area contributed by atoms with Gasteiger partial charge < -0.3 is 5.84 Å². The predicted octanol–water partition coefficient (Wildman–Crippen LogP) is 3.20. The number of hydrazone groups is 1. The molecule has 0 heterocycles. The van der Waals surface area contributed by atoms with Crippen molar-refractivity contribution < 1.29 is 4.79 Å². The molecule has 0 unspecified atom stereocenters. The van der Waals surface area contributed by atoms with Gasteiger partial charge in [-0.1, -0.05) is 39.0 Å². The van der Waals surface area contributed by atoms with Crippen LogP contribution in [0.15, 0.2) is 35.4 Å². The molecule has 0 aliphatic heterocycles. The van der Waals surface area contributed by atoms with Gasteiger partial charge in [0.2, 0.25) is 0 Å². The Balaban J connectivity index is 2.44. The van der Waals surface area contributed by atoms with Crippen LogP contribution in [0.1, 0.15) is 52.9 Å². The molecule has 1 rings (SSSR count). The quantitative estimate of drug-likeness (QED) is 0.254. The second-order valence-electron chi connectivity index (χ2n) is 6.12. The molecule has 122 valence electrons. The highest BCUT2D eigenvalue weighted by molar-refractivity contribution is 5.96. The van der Waals surface area contributed by atoms with E-state index in [1.165, 1.54) is 5.01 Å². The van der Waals surface area contributed by atoms with Crippen LogP contribution in [-0.4, -0.2) is 11.6 Å². The van der Waals surface area contributed by atoms with E-state index < -0.39 is 0 Å². The van der Waals surface area contributed by atoms with Crippen LogP contribution in [0.5, 0.6) is 0 Å². The summed E-state index contributed by atoms with van der Waals surface area (Å²) in [6.07, 6.45) is 3.77. The molecule has 0 bridgehead atoms. The summed E-state index contributed by atoms with van der Waals surface area (Å²) >= 11 is 0. The fourth-order valence-electron chi connectivity index (χ4n) is 2.09. The maximum absolute atomic E-state index is 12.1. The van der Waals surface area contributed by atoms with Gasteiger partial charge in [-0.15, -0.1) is 0 Å². The number of hydrazine groups is 1. The molecule has 0 aromatic heterocycles. The largest absolute Gasteiger partial charge is 0.322 e. The molecule has 0 spiro atoms. The van der Waals surface area contributed by atoms with E-state index in [1.54, 1.807) is 0 Å². The molecule has 0 radical (unpaired) electrons. The van der Waals surface area contributed by atoms with Gasteiger partial charge in [0.15, 0.2) is 0 Å². The van der Waals surface area contributed by atoms with Gasteiger partial charge in [0.25, 0.3) is 0 Å². The van der Waals surface area contributed by atoms with Crippen LogP contribution in [0.4, 0.5) is 5.69 Å². The van der Waals surface area contributed by atoms with E-state index in [0.29, 0.717) is 24.5 Å². The highest BCUT2D eigenvalue weighted by Gasteiger charge is 2.24. The van der Waals surface area contributed by atoms with Crippen LogP contribution in [0.3, 0.4) is 0 Å². The van der Waals surface area contributed by atoms with E-state index in [0.717, 1.165) is 24.9 Å². The van der Waals surface area contributed by atoms with Crippen molar-refractivity contribution in [3.63, 3.8) is 0 Å². The van der Waals surface area contributed by atoms with E-state index in [2.05, 4.69) is 5.10 Å². The molecule has 0 aliphatic rings. The maximum Gasteiger partial charge on any atom is 0.143 e. The van der Waals surface area contributed by atoms with Gasteiger partial charge in [-0.05, 0) is 31.4 Å². The molecule has 0 saturated heterocycles. The molecule has 5 heteroatoms. The lowest BCUT2D eigenvalue weighted by molar-refractivity contribution is -0.127. The highest BCUT2D eigenvalue weighted by atomic mass is 16.1. The SMILES string of the molecule is CCC(C)(C)C(=O)CCCC/C(=N/N)N(N)c1ccccc1. The second-order valence-corrected chi connectivity index (χ2v) is 6.12. The first-order valence-electron chi connectivity index (χ1n) is 7.82. The third-order valence-electron chi connectivity index (χ3n) is 4.15. The Morgan fingerprint density at radius 3 is 2.32 bits per heavy atom. The Bertz CT molecular complexity index is 497. The molecule has 0 saturated carbocycles. The van der Waals surface area contributed by atoms with Crippen LogP contribution in [0.25, 0.3) is 0 Å². The van der Waals surface area contributed by atoms with Crippen molar-refractivity contribution in [3.05, 3.63) is 30.3 Å². The predicted molar refractivity (Wildman–Crippen MR) is 92.3 cm³/mol. The summed E-state index contributed by atoms with van der Waals surface area (Å²) in [5, 5.41) is 5.28. The first-order valence-corrected chi connectivity index (χ1v) is 7.82. The number of ketones is 1. The zero-order valence-corrected chi connectivity index (χ0v) is 13.9. The summed E-state index contributed by atoms with van der Waals surface area (Å²) in [6.45, 7) is 6.04. The minimum atomic E-state index is -0.227. The molecule has 0 amide bonds. The van der Waals surface area contributed by atoms with Crippen molar-refractivity contribution in [2.24, 2.45) is 22.2 Å². The monoisotopic (exact) mass is 304 g/mol.